The van der Waals surface area contributed by atoms with Crippen LogP contribution in [0.5, 0.6) is 0 Å². The number of fused-ring (bicyclic) bond motifs is 1. The minimum absolute atomic E-state index is 0.599. The number of carbonyl (C=O) groups is 1. The molecule has 0 aliphatic heterocycles. The molecule has 0 bridgehead atoms. The number of halogens is 1. The Morgan fingerprint density at radius 3 is 2.63 bits per heavy atom. The van der Waals surface area contributed by atoms with Crippen LogP contribution in [0.15, 0.2) is 24.4 Å². The lowest BCUT2D eigenvalue weighted by molar-refractivity contribution is -0.143. The highest BCUT2D eigenvalue weighted by atomic mass is 35.5. The summed E-state index contributed by atoms with van der Waals surface area (Å²) in [6.07, 6.45) is 5.22. The van der Waals surface area contributed by atoms with Crippen molar-refractivity contribution in [2.24, 2.45) is 7.05 Å². The van der Waals surface area contributed by atoms with Crippen LogP contribution in [0.3, 0.4) is 0 Å². The van der Waals surface area contributed by atoms with Crippen LogP contribution in [0.1, 0.15) is 31.2 Å². The SMILES string of the molecule is Cn1ccc2c(Cl)c(C3(C(=O)O)CCCC3)ccc21. The molecule has 1 fully saturated rings. The zero-order valence-corrected chi connectivity index (χ0v) is 11.6. The number of rotatable bonds is 2. The summed E-state index contributed by atoms with van der Waals surface area (Å²) in [4.78, 5) is 11.8. The van der Waals surface area contributed by atoms with Crippen molar-refractivity contribution in [3.05, 3.63) is 35.0 Å². The molecule has 0 atom stereocenters. The second-order valence-corrected chi connectivity index (χ2v) is 5.76. The van der Waals surface area contributed by atoms with Crippen molar-refractivity contribution >= 4 is 28.5 Å². The lowest BCUT2D eigenvalue weighted by atomic mass is 9.78. The van der Waals surface area contributed by atoms with Crippen molar-refractivity contribution in [1.29, 1.82) is 0 Å². The van der Waals surface area contributed by atoms with Gasteiger partial charge in [0.15, 0.2) is 0 Å². The average Bonchev–Trinajstić information content (AvgIpc) is 2.99. The predicted octanol–water partition coefficient (Wildman–Crippen LogP) is 3.73. The van der Waals surface area contributed by atoms with Gasteiger partial charge < -0.3 is 9.67 Å². The Balaban J connectivity index is 2.25. The molecule has 3 nitrogen and oxygen atoms in total. The smallest absolute Gasteiger partial charge is 0.314 e. The molecule has 0 spiro atoms. The summed E-state index contributed by atoms with van der Waals surface area (Å²) in [5.41, 5.74) is 1.02. The normalized spacial score (nSPS) is 18.0. The van der Waals surface area contributed by atoms with E-state index >= 15 is 0 Å². The fourth-order valence-corrected chi connectivity index (χ4v) is 3.67. The van der Waals surface area contributed by atoms with E-state index in [1.165, 1.54) is 0 Å². The van der Waals surface area contributed by atoms with Gasteiger partial charge in [-0.3, -0.25) is 4.79 Å². The lowest BCUT2D eigenvalue weighted by Crippen LogP contribution is -2.32. The Kier molecular flexibility index (Phi) is 2.82. The van der Waals surface area contributed by atoms with Crippen LogP contribution in [0.2, 0.25) is 5.02 Å². The van der Waals surface area contributed by atoms with Gasteiger partial charge in [0.25, 0.3) is 0 Å². The minimum atomic E-state index is -0.791. The maximum Gasteiger partial charge on any atom is 0.314 e. The Labute approximate surface area is 116 Å². The van der Waals surface area contributed by atoms with Gasteiger partial charge in [-0.05, 0) is 30.5 Å². The molecule has 0 saturated heterocycles. The van der Waals surface area contributed by atoms with Crippen LogP contribution >= 0.6 is 11.6 Å². The van der Waals surface area contributed by atoms with E-state index in [0.717, 1.165) is 29.3 Å². The first kappa shape index (κ1) is 12.5. The number of nitrogens with zero attached hydrogens (tertiary/aromatic N) is 1. The summed E-state index contributed by atoms with van der Waals surface area (Å²) in [6.45, 7) is 0. The second kappa shape index (κ2) is 4.27. The van der Waals surface area contributed by atoms with E-state index in [-0.39, 0.29) is 0 Å². The molecule has 0 radical (unpaired) electrons. The summed E-state index contributed by atoms with van der Waals surface area (Å²) in [5.74, 6) is -0.748. The van der Waals surface area contributed by atoms with Crippen LogP contribution in [0.4, 0.5) is 0 Å². The van der Waals surface area contributed by atoms with E-state index < -0.39 is 11.4 Å². The fourth-order valence-electron chi connectivity index (χ4n) is 3.26. The van der Waals surface area contributed by atoms with Crippen molar-refractivity contribution < 1.29 is 9.90 Å². The Hall–Kier alpha value is -1.48. The summed E-state index contributed by atoms with van der Waals surface area (Å²) in [6, 6.07) is 5.81. The number of carboxylic acid groups (broad SMARTS) is 1. The maximum atomic E-state index is 11.8. The highest BCUT2D eigenvalue weighted by molar-refractivity contribution is 6.36. The molecule has 1 saturated carbocycles. The zero-order chi connectivity index (χ0) is 13.6. The predicted molar refractivity (Wildman–Crippen MR) is 75.7 cm³/mol. The largest absolute Gasteiger partial charge is 0.481 e. The summed E-state index contributed by atoms with van der Waals surface area (Å²) >= 11 is 6.49. The van der Waals surface area contributed by atoms with Gasteiger partial charge in [0.05, 0.1) is 10.4 Å². The van der Waals surface area contributed by atoms with E-state index in [1.54, 1.807) is 0 Å². The van der Waals surface area contributed by atoms with Gasteiger partial charge in [0.2, 0.25) is 0 Å². The van der Waals surface area contributed by atoms with E-state index in [0.29, 0.717) is 17.9 Å². The van der Waals surface area contributed by atoms with Crippen molar-refractivity contribution in [1.82, 2.24) is 4.57 Å². The van der Waals surface area contributed by atoms with Crippen molar-refractivity contribution in [3.63, 3.8) is 0 Å². The number of aromatic nitrogens is 1. The summed E-state index contributed by atoms with van der Waals surface area (Å²) in [7, 11) is 1.96. The maximum absolute atomic E-state index is 11.8. The second-order valence-electron chi connectivity index (χ2n) is 5.38. The molecule has 3 rings (SSSR count). The third kappa shape index (κ3) is 1.68. The summed E-state index contributed by atoms with van der Waals surface area (Å²) < 4.78 is 1.99. The van der Waals surface area contributed by atoms with Gasteiger partial charge in [0.1, 0.15) is 0 Å². The van der Waals surface area contributed by atoms with Gasteiger partial charge >= 0.3 is 5.97 Å². The monoisotopic (exact) mass is 277 g/mol. The first-order chi connectivity index (χ1) is 9.06. The zero-order valence-electron chi connectivity index (χ0n) is 10.8. The molecule has 1 N–H and O–H groups in total. The highest BCUT2D eigenvalue weighted by Crippen LogP contribution is 2.45. The molecule has 4 heteroatoms. The molecule has 2 aromatic rings. The fraction of sp³-hybridized carbons (Fsp3) is 0.400. The molecule has 0 amide bonds. The van der Waals surface area contributed by atoms with Crippen LogP contribution in [0.25, 0.3) is 10.9 Å². The van der Waals surface area contributed by atoms with Gasteiger partial charge in [-0.15, -0.1) is 0 Å². The van der Waals surface area contributed by atoms with Gasteiger partial charge in [-0.25, -0.2) is 0 Å². The van der Waals surface area contributed by atoms with Crippen molar-refractivity contribution in [2.75, 3.05) is 0 Å². The van der Waals surface area contributed by atoms with Gasteiger partial charge in [-0.1, -0.05) is 30.5 Å². The molecular formula is C15H16ClNO2. The molecule has 1 aromatic carbocycles. The minimum Gasteiger partial charge on any atom is -0.481 e. The first-order valence-corrected chi connectivity index (χ1v) is 6.91. The number of aryl methyl sites for hydroxylation is 1. The molecule has 1 aromatic heterocycles. The quantitative estimate of drug-likeness (QED) is 0.909. The Morgan fingerprint density at radius 1 is 1.32 bits per heavy atom. The Bertz CT molecular complexity index is 653. The van der Waals surface area contributed by atoms with Gasteiger partial charge in [-0.2, -0.15) is 0 Å². The lowest BCUT2D eigenvalue weighted by Gasteiger charge is -2.25. The average molecular weight is 278 g/mol. The van der Waals surface area contributed by atoms with Crippen LogP contribution in [-0.2, 0) is 17.3 Å². The molecule has 19 heavy (non-hydrogen) atoms. The number of benzene rings is 1. The van der Waals surface area contributed by atoms with E-state index in [4.69, 9.17) is 11.6 Å². The molecule has 1 aliphatic carbocycles. The topological polar surface area (TPSA) is 42.2 Å². The van der Waals surface area contributed by atoms with Crippen molar-refractivity contribution in [2.45, 2.75) is 31.1 Å². The van der Waals surface area contributed by atoms with Crippen molar-refractivity contribution in [3.8, 4) is 0 Å². The van der Waals surface area contributed by atoms with Gasteiger partial charge in [0, 0.05) is 24.1 Å². The third-order valence-corrected chi connectivity index (χ3v) is 4.79. The standard InChI is InChI=1S/C15H16ClNO2/c1-17-9-6-10-12(17)5-4-11(13(10)16)15(14(18)19)7-2-3-8-15/h4-6,9H,2-3,7-8H2,1H3,(H,18,19). The number of hydrogen-bond acceptors (Lipinski definition) is 1. The molecule has 1 aliphatic rings. The highest BCUT2D eigenvalue weighted by Gasteiger charge is 2.44. The third-order valence-electron chi connectivity index (χ3n) is 4.38. The first-order valence-electron chi connectivity index (χ1n) is 6.54. The van der Waals surface area contributed by atoms with E-state index in [9.17, 15) is 9.90 Å². The number of hydrogen-bond donors (Lipinski definition) is 1. The van der Waals surface area contributed by atoms with E-state index in [1.807, 2.05) is 36.0 Å². The Morgan fingerprint density at radius 2 is 2.00 bits per heavy atom. The molecule has 100 valence electrons. The number of carboxylic acids is 1. The number of aliphatic carboxylic acids is 1. The van der Waals surface area contributed by atoms with E-state index in [2.05, 4.69) is 0 Å². The van der Waals surface area contributed by atoms with Crippen LogP contribution in [-0.4, -0.2) is 15.6 Å². The van der Waals surface area contributed by atoms with Crippen LogP contribution in [0, 0.1) is 0 Å². The molecule has 1 heterocycles. The molecule has 0 unspecified atom stereocenters. The van der Waals surface area contributed by atoms with Crippen LogP contribution < -0.4 is 0 Å². The molecular weight excluding hydrogens is 262 g/mol. The summed E-state index contributed by atoms with van der Waals surface area (Å²) in [5, 5.41) is 11.2.